The number of hydrogen-bond donors (Lipinski definition) is 1. The standard InChI is InChI=1S/C14H7ClF2N2O2/c15-8-2-4-12(20)9(6-8)14-18-13(19-21-14)7-1-3-10(16)11(17)5-7/h1-6,20H. The summed E-state index contributed by atoms with van der Waals surface area (Å²) in [4.78, 5) is 4.04. The van der Waals surface area contributed by atoms with E-state index in [1.807, 2.05) is 0 Å². The van der Waals surface area contributed by atoms with Crippen molar-refractivity contribution in [2.75, 3.05) is 0 Å². The Hall–Kier alpha value is -2.47. The molecule has 0 atom stereocenters. The molecule has 1 heterocycles. The number of rotatable bonds is 2. The van der Waals surface area contributed by atoms with E-state index in [0.717, 1.165) is 12.1 Å². The van der Waals surface area contributed by atoms with Gasteiger partial charge in [0.15, 0.2) is 11.6 Å². The van der Waals surface area contributed by atoms with Gasteiger partial charge < -0.3 is 9.63 Å². The second-order valence-electron chi connectivity index (χ2n) is 4.21. The zero-order valence-electron chi connectivity index (χ0n) is 10.3. The first-order valence-corrected chi connectivity index (χ1v) is 6.20. The van der Waals surface area contributed by atoms with Crippen LogP contribution in [0, 0.1) is 11.6 Å². The maximum atomic E-state index is 13.2. The van der Waals surface area contributed by atoms with Gasteiger partial charge in [0, 0.05) is 10.6 Å². The molecule has 0 fully saturated rings. The molecule has 3 aromatic rings. The fourth-order valence-corrected chi connectivity index (χ4v) is 1.94. The molecule has 0 saturated carbocycles. The molecule has 4 nitrogen and oxygen atoms in total. The third kappa shape index (κ3) is 2.57. The lowest BCUT2D eigenvalue weighted by Gasteiger charge is -1.99. The highest BCUT2D eigenvalue weighted by atomic mass is 35.5. The minimum Gasteiger partial charge on any atom is -0.507 e. The number of nitrogens with zero attached hydrogens (tertiary/aromatic N) is 2. The van der Waals surface area contributed by atoms with Crippen molar-refractivity contribution in [1.82, 2.24) is 10.1 Å². The molecule has 2 aromatic carbocycles. The van der Waals surface area contributed by atoms with Gasteiger partial charge in [-0.25, -0.2) is 8.78 Å². The highest BCUT2D eigenvalue weighted by Gasteiger charge is 2.15. The molecule has 0 saturated heterocycles. The van der Waals surface area contributed by atoms with E-state index in [0.29, 0.717) is 5.02 Å². The Balaban J connectivity index is 2.03. The van der Waals surface area contributed by atoms with E-state index in [1.54, 1.807) is 0 Å². The number of aromatic nitrogens is 2. The van der Waals surface area contributed by atoms with Crippen LogP contribution in [0.25, 0.3) is 22.8 Å². The van der Waals surface area contributed by atoms with Crippen LogP contribution in [0.3, 0.4) is 0 Å². The molecule has 0 aliphatic rings. The summed E-state index contributed by atoms with van der Waals surface area (Å²) in [6, 6.07) is 7.61. The topological polar surface area (TPSA) is 59.2 Å². The van der Waals surface area contributed by atoms with E-state index in [1.165, 1.54) is 24.3 Å². The summed E-state index contributed by atoms with van der Waals surface area (Å²) in [5.74, 6) is -1.96. The third-order valence-electron chi connectivity index (χ3n) is 2.79. The Kier molecular flexibility index (Phi) is 3.31. The molecule has 0 radical (unpaired) electrons. The van der Waals surface area contributed by atoms with Crippen LogP contribution in [0.15, 0.2) is 40.9 Å². The van der Waals surface area contributed by atoms with Gasteiger partial charge in [-0.3, -0.25) is 0 Å². The van der Waals surface area contributed by atoms with Crippen molar-refractivity contribution in [3.63, 3.8) is 0 Å². The highest BCUT2D eigenvalue weighted by molar-refractivity contribution is 6.30. The van der Waals surface area contributed by atoms with E-state index in [9.17, 15) is 13.9 Å². The van der Waals surface area contributed by atoms with Gasteiger partial charge in [-0.1, -0.05) is 16.8 Å². The monoisotopic (exact) mass is 308 g/mol. The van der Waals surface area contributed by atoms with Crippen LogP contribution in [0.5, 0.6) is 5.75 Å². The number of aromatic hydroxyl groups is 1. The molecule has 106 valence electrons. The molecule has 21 heavy (non-hydrogen) atoms. The van der Waals surface area contributed by atoms with Gasteiger partial charge in [-0.2, -0.15) is 4.98 Å². The van der Waals surface area contributed by atoms with E-state index in [4.69, 9.17) is 16.1 Å². The van der Waals surface area contributed by atoms with Crippen molar-refractivity contribution in [3.05, 3.63) is 53.1 Å². The number of phenols is 1. The quantitative estimate of drug-likeness (QED) is 0.776. The fourth-order valence-electron chi connectivity index (χ4n) is 1.76. The van der Waals surface area contributed by atoms with Crippen LogP contribution >= 0.6 is 11.6 Å². The number of hydrogen-bond acceptors (Lipinski definition) is 4. The summed E-state index contributed by atoms with van der Waals surface area (Å²) in [5, 5.41) is 13.8. The fraction of sp³-hybridized carbons (Fsp3) is 0. The maximum Gasteiger partial charge on any atom is 0.262 e. The smallest absolute Gasteiger partial charge is 0.262 e. The molecule has 0 bridgehead atoms. The summed E-state index contributed by atoms with van der Waals surface area (Å²) in [5.41, 5.74) is 0.509. The van der Waals surface area contributed by atoms with Crippen LogP contribution in [0.1, 0.15) is 0 Å². The van der Waals surface area contributed by atoms with Crippen LogP contribution in [-0.4, -0.2) is 15.2 Å². The Morgan fingerprint density at radius 1 is 1.05 bits per heavy atom. The van der Waals surface area contributed by atoms with Crippen molar-refractivity contribution < 1.29 is 18.4 Å². The van der Waals surface area contributed by atoms with E-state index in [2.05, 4.69) is 10.1 Å². The predicted molar refractivity (Wildman–Crippen MR) is 71.8 cm³/mol. The summed E-state index contributed by atoms with van der Waals surface area (Å²) in [7, 11) is 0. The van der Waals surface area contributed by atoms with Gasteiger partial charge in [0.25, 0.3) is 5.89 Å². The summed E-state index contributed by atoms with van der Waals surface area (Å²) in [6.07, 6.45) is 0. The number of halogens is 3. The largest absolute Gasteiger partial charge is 0.507 e. The Morgan fingerprint density at radius 2 is 1.86 bits per heavy atom. The van der Waals surface area contributed by atoms with E-state index < -0.39 is 11.6 Å². The molecule has 0 aliphatic carbocycles. The lowest BCUT2D eigenvalue weighted by molar-refractivity contribution is 0.425. The molecule has 7 heteroatoms. The predicted octanol–water partition coefficient (Wildman–Crippen LogP) is 4.04. The first-order chi connectivity index (χ1) is 10.0. The third-order valence-corrected chi connectivity index (χ3v) is 3.03. The van der Waals surface area contributed by atoms with Crippen molar-refractivity contribution >= 4 is 11.6 Å². The average Bonchev–Trinajstić information content (AvgIpc) is 2.94. The van der Waals surface area contributed by atoms with Crippen LogP contribution in [-0.2, 0) is 0 Å². The van der Waals surface area contributed by atoms with Crippen molar-refractivity contribution in [1.29, 1.82) is 0 Å². The Bertz CT molecular complexity index is 820. The van der Waals surface area contributed by atoms with E-state index >= 15 is 0 Å². The van der Waals surface area contributed by atoms with Crippen molar-refractivity contribution in [2.24, 2.45) is 0 Å². The number of phenolic OH excluding ortho intramolecular Hbond substituents is 1. The van der Waals surface area contributed by atoms with E-state index in [-0.39, 0.29) is 28.6 Å². The first-order valence-electron chi connectivity index (χ1n) is 5.82. The Labute approximate surface area is 122 Å². The molecule has 0 unspecified atom stereocenters. The minimum atomic E-state index is -1.01. The lowest BCUT2D eigenvalue weighted by Crippen LogP contribution is -1.87. The van der Waals surface area contributed by atoms with Crippen molar-refractivity contribution in [3.8, 4) is 28.6 Å². The highest BCUT2D eigenvalue weighted by Crippen LogP contribution is 2.31. The van der Waals surface area contributed by atoms with Gasteiger partial charge in [0.2, 0.25) is 5.82 Å². The molecule has 1 aromatic heterocycles. The summed E-state index contributed by atoms with van der Waals surface area (Å²) < 4.78 is 31.1. The minimum absolute atomic E-state index is 0.0229. The zero-order chi connectivity index (χ0) is 15.0. The maximum absolute atomic E-state index is 13.2. The second-order valence-corrected chi connectivity index (χ2v) is 4.65. The van der Waals surface area contributed by atoms with Crippen LogP contribution in [0.4, 0.5) is 8.78 Å². The molecule has 0 aliphatic heterocycles. The first kappa shape index (κ1) is 13.5. The van der Waals surface area contributed by atoms with Gasteiger partial charge in [-0.05, 0) is 36.4 Å². The molecular weight excluding hydrogens is 302 g/mol. The summed E-state index contributed by atoms with van der Waals surface area (Å²) >= 11 is 5.84. The van der Waals surface area contributed by atoms with Crippen LogP contribution < -0.4 is 0 Å². The second kappa shape index (κ2) is 5.14. The van der Waals surface area contributed by atoms with Gasteiger partial charge in [0.1, 0.15) is 5.75 Å². The van der Waals surface area contributed by atoms with Crippen LogP contribution in [0.2, 0.25) is 5.02 Å². The normalized spacial score (nSPS) is 10.8. The average molecular weight is 309 g/mol. The molecule has 3 rings (SSSR count). The Morgan fingerprint density at radius 3 is 2.62 bits per heavy atom. The molecule has 0 spiro atoms. The van der Waals surface area contributed by atoms with Gasteiger partial charge >= 0.3 is 0 Å². The SMILES string of the molecule is Oc1ccc(Cl)cc1-c1nc(-c2ccc(F)c(F)c2)no1. The molecule has 0 amide bonds. The van der Waals surface area contributed by atoms with Gasteiger partial charge in [-0.15, -0.1) is 0 Å². The zero-order valence-corrected chi connectivity index (χ0v) is 11.1. The van der Waals surface area contributed by atoms with Gasteiger partial charge in [0.05, 0.1) is 5.56 Å². The molecular formula is C14H7ClF2N2O2. The van der Waals surface area contributed by atoms with Crippen molar-refractivity contribution in [2.45, 2.75) is 0 Å². The molecule has 1 N–H and O–H groups in total. The lowest BCUT2D eigenvalue weighted by atomic mass is 10.2. The number of benzene rings is 2. The summed E-state index contributed by atoms with van der Waals surface area (Å²) in [6.45, 7) is 0.